The first-order valence-electron chi connectivity index (χ1n) is 7.85. The molecule has 2 aromatic carbocycles. The Hall–Kier alpha value is -2.60. The van der Waals surface area contributed by atoms with Gasteiger partial charge in [-0.05, 0) is 49.2 Å². The van der Waals surface area contributed by atoms with Crippen LogP contribution in [0.25, 0.3) is 0 Å². The van der Waals surface area contributed by atoms with Gasteiger partial charge in [-0.15, -0.1) is 0 Å². The Morgan fingerprint density at radius 2 is 2.08 bits per heavy atom. The number of aliphatic hydroxyl groups is 1. The normalized spacial score (nSPS) is 16.5. The van der Waals surface area contributed by atoms with E-state index in [1.165, 1.54) is 12.1 Å². The number of aliphatic hydroxyl groups excluding tert-OH is 1. The van der Waals surface area contributed by atoms with Crippen LogP contribution < -0.4 is 15.4 Å². The van der Waals surface area contributed by atoms with Crippen LogP contribution in [0.5, 0.6) is 5.75 Å². The molecular formula is C18H19FN2O3. The number of fused-ring (bicyclic) bond motifs is 1. The predicted octanol–water partition coefficient (Wildman–Crippen LogP) is 3.08. The molecule has 3 N–H and O–H groups in total. The Morgan fingerprint density at radius 3 is 2.92 bits per heavy atom. The quantitative estimate of drug-likeness (QED) is 0.806. The van der Waals surface area contributed by atoms with Gasteiger partial charge in [0.25, 0.3) is 0 Å². The number of benzene rings is 2. The topological polar surface area (TPSA) is 70.6 Å². The van der Waals surface area contributed by atoms with Crippen LogP contribution in [0.4, 0.5) is 15.8 Å². The van der Waals surface area contributed by atoms with Crippen molar-refractivity contribution in [1.82, 2.24) is 0 Å². The van der Waals surface area contributed by atoms with E-state index in [4.69, 9.17) is 9.84 Å². The van der Waals surface area contributed by atoms with Gasteiger partial charge < -0.3 is 20.5 Å². The summed E-state index contributed by atoms with van der Waals surface area (Å²) >= 11 is 0. The smallest absolute Gasteiger partial charge is 0.250 e. The summed E-state index contributed by atoms with van der Waals surface area (Å²) in [4.78, 5) is 11.3. The van der Waals surface area contributed by atoms with Crippen molar-refractivity contribution >= 4 is 17.3 Å². The van der Waals surface area contributed by atoms with E-state index in [1.807, 2.05) is 6.07 Å². The molecular weight excluding hydrogens is 311 g/mol. The molecule has 1 aliphatic heterocycles. The monoisotopic (exact) mass is 330 g/mol. The van der Waals surface area contributed by atoms with Crippen LogP contribution in [0.15, 0.2) is 42.5 Å². The largest absolute Gasteiger partial charge is 0.493 e. The predicted molar refractivity (Wildman–Crippen MR) is 89.7 cm³/mol. The number of nitrogens with one attached hydrogen (secondary N) is 2. The lowest BCUT2D eigenvalue weighted by atomic mass is 10.0. The second-order valence-electron chi connectivity index (χ2n) is 5.66. The van der Waals surface area contributed by atoms with Gasteiger partial charge in [0, 0.05) is 16.9 Å². The molecule has 5 nitrogen and oxygen atoms in total. The van der Waals surface area contributed by atoms with Crippen LogP contribution >= 0.6 is 0 Å². The molecule has 0 spiro atoms. The Labute approximate surface area is 139 Å². The van der Waals surface area contributed by atoms with Crippen LogP contribution in [0, 0.1) is 5.82 Å². The number of anilines is 2. The number of rotatable bonds is 4. The van der Waals surface area contributed by atoms with Crippen molar-refractivity contribution in [2.45, 2.75) is 18.9 Å². The number of carbonyl (C=O) groups is 1. The molecule has 0 radical (unpaired) electrons. The van der Waals surface area contributed by atoms with Crippen LogP contribution in [0.2, 0.25) is 0 Å². The van der Waals surface area contributed by atoms with Gasteiger partial charge in [-0.1, -0.05) is 6.07 Å². The lowest BCUT2D eigenvalue weighted by molar-refractivity contribution is -0.118. The van der Waals surface area contributed by atoms with Gasteiger partial charge in [0.2, 0.25) is 5.91 Å². The fraction of sp³-hybridized carbons (Fsp3) is 0.278. The Morgan fingerprint density at radius 1 is 1.25 bits per heavy atom. The first kappa shape index (κ1) is 16.3. The van der Waals surface area contributed by atoms with E-state index in [0.29, 0.717) is 18.0 Å². The van der Waals surface area contributed by atoms with E-state index in [0.717, 1.165) is 24.1 Å². The third kappa shape index (κ3) is 3.83. The molecule has 24 heavy (non-hydrogen) atoms. The fourth-order valence-corrected chi connectivity index (χ4v) is 2.79. The Bertz CT molecular complexity index is 736. The summed E-state index contributed by atoms with van der Waals surface area (Å²) < 4.78 is 19.3. The number of carbonyl (C=O) groups excluding carboxylic acids is 1. The molecule has 1 heterocycles. The minimum absolute atomic E-state index is 0.0815. The van der Waals surface area contributed by atoms with Gasteiger partial charge in [-0.25, -0.2) is 4.39 Å². The Kier molecular flexibility index (Phi) is 4.96. The van der Waals surface area contributed by atoms with Crippen molar-refractivity contribution in [3.63, 3.8) is 0 Å². The third-order valence-electron chi connectivity index (χ3n) is 3.87. The van der Waals surface area contributed by atoms with Gasteiger partial charge in [-0.3, -0.25) is 4.79 Å². The van der Waals surface area contributed by atoms with Crippen molar-refractivity contribution in [2.24, 2.45) is 0 Å². The van der Waals surface area contributed by atoms with Crippen molar-refractivity contribution in [3.05, 3.63) is 53.8 Å². The average molecular weight is 330 g/mol. The van der Waals surface area contributed by atoms with Gasteiger partial charge in [-0.2, -0.15) is 0 Å². The first-order chi connectivity index (χ1) is 11.7. The van der Waals surface area contributed by atoms with E-state index in [-0.39, 0.29) is 11.9 Å². The molecule has 3 rings (SSSR count). The maximum atomic E-state index is 13.6. The van der Waals surface area contributed by atoms with Crippen LogP contribution in [-0.4, -0.2) is 24.2 Å². The molecule has 0 aliphatic carbocycles. The van der Waals surface area contributed by atoms with Crippen molar-refractivity contribution < 1.29 is 19.0 Å². The molecule has 0 bridgehead atoms. The van der Waals surface area contributed by atoms with Crippen LogP contribution in [0.3, 0.4) is 0 Å². The number of hydrogen-bond acceptors (Lipinski definition) is 4. The summed E-state index contributed by atoms with van der Waals surface area (Å²) in [5, 5.41) is 14.8. The number of ether oxygens (including phenoxy) is 1. The zero-order valence-corrected chi connectivity index (χ0v) is 13.1. The summed E-state index contributed by atoms with van der Waals surface area (Å²) in [6.07, 6.45) is 1.67. The summed E-state index contributed by atoms with van der Waals surface area (Å²) in [7, 11) is 0. The van der Waals surface area contributed by atoms with E-state index in [9.17, 15) is 9.18 Å². The second-order valence-corrected chi connectivity index (χ2v) is 5.66. The minimum atomic E-state index is -0.565. The van der Waals surface area contributed by atoms with Crippen molar-refractivity contribution in [3.8, 4) is 5.75 Å². The molecule has 0 saturated heterocycles. The molecule has 0 saturated carbocycles. The molecule has 0 aromatic heterocycles. The Balaban J connectivity index is 1.82. The lowest BCUT2D eigenvalue weighted by Gasteiger charge is -2.20. The standard InChI is InChI=1S/C18H19FN2O3/c19-12-6-7-17-15(9-12)16(5-2-8-24-17)20-13-3-1-4-14(10-13)21-18(23)11-22/h1,3-4,6-7,9-10,16,20,22H,2,5,8,11H2,(H,21,23). The van der Waals surface area contributed by atoms with Crippen molar-refractivity contribution in [2.75, 3.05) is 23.8 Å². The maximum absolute atomic E-state index is 13.6. The highest BCUT2D eigenvalue weighted by atomic mass is 19.1. The lowest BCUT2D eigenvalue weighted by Crippen LogP contribution is -2.16. The van der Waals surface area contributed by atoms with E-state index >= 15 is 0 Å². The third-order valence-corrected chi connectivity index (χ3v) is 3.87. The van der Waals surface area contributed by atoms with E-state index < -0.39 is 12.5 Å². The molecule has 126 valence electrons. The first-order valence-corrected chi connectivity index (χ1v) is 7.85. The highest BCUT2D eigenvalue weighted by molar-refractivity contribution is 5.91. The van der Waals surface area contributed by atoms with Gasteiger partial charge in [0.15, 0.2) is 0 Å². The van der Waals surface area contributed by atoms with Gasteiger partial charge in [0.05, 0.1) is 12.6 Å². The van der Waals surface area contributed by atoms with E-state index in [2.05, 4.69) is 10.6 Å². The molecule has 1 amide bonds. The molecule has 6 heteroatoms. The zero-order chi connectivity index (χ0) is 16.9. The molecule has 1 aliphatic rings. The minimum Gasteiger partial charge on any atom is -0.493 e. The summed E-state index contributed by atoms with van der Waals surface area (Å²) in [5.74, 6) is -0.0754. The molecule has 0 fully saturated rings. The molecule has 1 atom stereocenters. The van der Waals surface area contributed by atoms with Crippen molar-refractivity contribution in [1.29, 1.82) is 0 Å². The molecule has 2 aromatic rings. The summed E-state index contributed by atoms with van der Waals surface area (Å²) in [6.45, 7) is 0.0354. The highest BCUT2D eigenvalue weighted by Gasteiger charge is 2.20. The molecule has 1 unspecified atom stereocenters. The maximum Gasteiger partial charge on any atom is 0.250 e. The highest BCUT2D eigenvalue weighted by Crippen LogP contribution is 2.34. The van der Waals surface area contributed by atoms with Crippen LogP contribution in [0.1, 0.15) is 24.4 Å². The number of hydrogen-bond donors (Lipinski definition) is 3. The average Bonchev–Trinajstić information content (AvgIpc) is 2.77. The summed E-state index contributed by atoms with van der Waals surface area (Å²) in [5.41, 5.74) is 2.17. The van der Waals surface area contributed by atoms with Gasteiger partial charge >= 0.3 is 0 Å². The zero-order valence-electron chi connectivity index (χ0n) is 13.1. The fourth-order valence-electron chi connectivity index (χ4n) is 2.79. The number of halogens is 1. The second kappa shape index (κ2) is 7.31. The van der Waals surface area contributed by atoms with Gasteiger partial charge in [0.1, 0.15) is 18.2 Å². The van der Waals surface area contributed by atoms with E-state index in [1.54, 1.807) is 24.3 Å². The van der Waals surface area contributed by atoms with Crippen LogP contribution in [-0.2, 0) is 4.79 Å². The summed E-state index contributed by atoms with van der Waals surface area (Å²) in [6, 6.07) is 11.7. The number of amides is 1. The SMILES string of the molecule is O=C(CO)Nc1cccc(NC2CCCOc3ccc(F)cc32)c1.